The molecule has 3 nitrogen and oxygen atoms in total. The standard InChI is InChI=1S/C12H11NO2/c14-6-5-8-1-4-11-10(7-8)13-12(15-11)9-2-3-9/h1,4,6-7,9H,2-3,5H2. The van der Waals surface area contributed by atoms with Crippen LogP contribution in [-0.2, 0) is 11.2 Å². The number of fused-ring (bicyclic) bond motifs is 1. The predicted octanol–water partition coefficient (Wildman–Crippen LogP) is 2.45. The van der Waals surface area contributed by atoms with E-state index in [0.717, 1.165) is 28.8 Å². The molecule has 0 unspecified atom stereocenters. The number of oxazole rings is 1. The van der Waals surface area contributed by atoms with Gasteiger partial charge in [-0.1, -0.05) is 6.07 Å². The van der Waals surface area contributed by atoms with Gasteiger partial charge in [-0.2, -0.15) is 0 Å². The number of aldehydes is 1. The Morgan fingerprint density at radius 3 is 3.07 bits per heavy atom. The zero-order chi connectivity index (χ0) is 10.3. The molecule has 15 heavy (non-hydrogen) atoms. The van der Waals surface area contributed by atoms with Crippen LogP contribution in [0.2, 0.25) is 0 Å². The van der Waals surface area contributed by atoms with Gasteiger partial charge in [0.15, 0.2) is 11.5 Å². The van der Waals surface area contributed by atoms with Crippen molar-refractivity contribution < 1.29 is 9.21 Å². The number of rotatable bonds is 3. The third-order valence-corrected chi connectivity index (χ3v) is 2.71. The minimum atomic E-state index is 0.446. The van der Waals surface area contributed by atoms with Gasteiger partial charge in [0.1, 0.15) is 11.8 Å². The van der Waals surface area contributed by atoms with Gasteiger partial charge in [0.05, 0.1) is 0 Å². The second-order valence-electron chi connectivity index (χ2n) is 4.00. The van der Waals surface area contributed by atoms with E-state index in [4.69, 9.17) is 4.42 Å². The maximum absolute atomic E-state index is 10.4. The molecule has 0 radical (unpaired) electrons. The summed E-state index contributed by atoms with van der Waals surface area (Å²) in [5.41, 5.74) is 2.69. The minimum Gasteiger partial charge on any atom is -0.440 e. The first-order valence-electron chi connectivity index (χ1n) is 5.20. The molecular weight excluding hydrogens is 190 g/mol. The fraction of sp³-hybridized carbons (Fsp3) is 0.333. The van der Waals surface area contributed by atoms with Crippen LogP contribution in [0.15, 0.2) is 22.6 Å². The van der Waals surface area contributed by atoms with Crippen LogP contribution in [0.25, 0.3) is 11.1 Å². The van der Waals surface area contributed by atoms with Crippen LogP contribution in [0.4, 0.5) is 0 Å². The van der Waals surface area contributed by atoms with Crippen molar-refractivity contribution in [2.24, 2.45) is 0 Å². The topological polar surface area (TPSA) is 43.1 Å². The van der Waals surface area contributed by atoms with Crippen molar-refractivity contribution in [1.29, 1.82) is 0 Å². The lowest BCUT2D eigenvalue weighted by Crippen LogP contribution is -1.84. The highest BCUT2D eigenvalue weighted by Crippen LogP contribution is 2.40. The molecule has 1 aliphatic rings. The summed E-state index contributed by atoms with van der Waals surface area (Å²) in [5.74, 6) is 1.39. The highest BCUT2D eigenvalue weighted by atomic mass is 16.3. The molecule has 0 N–H and O–H groups in total. The highest BCUT2D eigenvalue weighted by molar-refractivity contribution is 5.74. The predicted molar refractivity (Wildman–Crippen MR) is 55.8 cm³/mol. The second-order valence-corrected chi connectivity index (χ2v) is 4.00. The van der Waals surface area contributed by atoms with Crippen molar-refractivity contribution in [3.63, 3.8) is 0 Å². The SMILES string of the molecule is O=CCc1ccc2oc(C3CC3)nc2c1. The van der Waals surface area contributed by atoms with E-state index in [1.807, 2.05) is 18.2 Å². The van der Waals surface area contributed by atoms with Crippen molar-refractivity contribution in [3.8, 4) is 0 Å². The van der Waals surface area contributed by atoms with Crippen LogP contribution in [0.5, 0.6) is 0 Å². The molecule has 2 aromatic rings. The summed E-state index contributed by atoms with van der Waals surface area (Å²) in [6.07, 6.45) is 3.73. The van der Waals surface area contributed by atoms with E-state index in [1.165, 1.54) is 12.8 Å². The van der Waals surface area contributed by atoms with Gasteiger partial charge in [0.25, 0.3) is 0 Å². The largest absolute Gasteiger partial charge is 0.440 e. The van der Waals surface area contributed by atoms with Crippen molar-refractivity contribution in [1.82, 2.24) is 4.98 Å². The number of carbonyl (C=O) groups is 1. The molecule has 0 spiro atoms. The van der Waals surface area contributed by atoms with Gasteiger partial charge in [-0.05, 0) is 30.5 Å². The molecule has 1 fully saturated rings. The van der Waals surface area contributed by atoms with E-state index >= 15 is 0 Å². The molecular formula is C12H11NO2. The molecule has 1 saturated carbocycles. The van der Waals surface area contributed by atoms with Crippen LogP contribution in [0.1, 0.15) is 30.2 Å². The van der Waals surface area contributed by atoms with Crippen molar-refractivity contribution in [3.05, 3.63) is 29.7 Å². The summed E-state index contributed by atoms with van der Waals surface area (Å²) in [7, 11) is 0. The lowest BCUT2D eigenvalue weighted by molar-refractivity contribution is -0.107. The summed E-state index contributed by atoms with van der Waals surface area (Å²) in [5, 5.41) is 0. The average molecular weight is 201 g/mol. The molecule has 3 rings (SSSR count). The Morgan fingerprint density at radius 2 is 2.33 bits per heavy atom. The van der Waals surface area contributed by atoms with Crippen LogP contribution >= 0.6 is 0 Å². The molecule has 3 heteroatoms. The molecule has 0 bridgehead atoms. The minimum absolute atomic E-state index is 0.446. The third kappa shape index (κ3) is 1.54. The molecule has 0 aliphatic heterocycles. The Balaban J connectivity index is 2.05. The van der Waals surface area contributed by atoms with E-state index in [1.54, 1.807) is 0 Å². The maximum Gasteiger partial charge on any atom is 0.198 e. The lowest BCUT2D eigenvalue weighted by atomic mass is 10.1. The fourth-order valence-corrected chi connectivity index (χ4v) is 1.72. The van der Waals surface area contributed by atoms with Crippen LogP contribution < -0.4 is 0 Å². The summed E-state index contributed by atoms with van der Waals surface area (Å²) in [4.78, 5) is 14.8. The number of aromatic nitrogens is 1. The maximum atomic E-state index is 10.4. The Hall–Kier alpha value is -1.64. The van der Waals surface area contributed by atoms with Crippen LogP contribution in [0, 0.1) is 0 Å². The van der Waals surface area contributed by atoms with Gasteiger partial charge in [0.2, 0.25) is 0 Å². The first kappa shape index (κ1) is 8.65. The van der Waals surface area contributed by atoms with Crippen LogP contribution in [-0.4, -0.2) is 11.3 Å². The van der Waals surface area contributed by atoms with E-state index in [2.05, 4.69) is 4.98 Å². The number of nitrogens with zero attached hydrogens (tertiary/aromatic N) is 1. The van der Waals surface area contributed by atoms with Gasteiger partial charge >= 0.3 is 0 Å². The second kappa shape index (κ2) is 3.19. The molecule has 0 saturated heterocycles. The number of hydrogen-bond donors (Lipinski definition) is 0. The molecule has 1 aliphatic carbocycles. The van der Waals surface area contributed by atoms with Gasteiger partial charge in [-0.15, -0.1) is 0 Å². The van der Waals surface area contributed by atoms with Gasteiger partial charge in [-0.25, -0.2) is 4.98 Å². The van der Waals surface area contributed by atoms with Gasteiger partial charge < -0.3 is 9.21 Å². The number of hydrogen-bond acceptors (Lipinski definition) is 3. The van der Waals surface area contributed by atoms with Crippen molar-refractivity contribution in [2.45, 2.75) is 25.2 Å². The van der Waals surface area contributed by atoms with Gasteiger partial charge in [-0.3, -0.25) is 0 Å². The summed E-state index contributed by atoms with van der Waals surface area (Å²) < 4.78 is 5.63. The lowest BCUT2D eigenvalue weighted by Gasteiger charge is -1.92. The molecule has 1 aromatic heterocycles. The number of carbonyl (C=O) groups excluding carboxylic acids is 1. The third-order valence-electron chi connectivity index (χ3n) is 2.71. The first-order chi connectivity index (χ1) is 7.36. The normalized spacial score (nSPS) is 15.7. The molecule has 0 amide bonds. The van der Waals surface area contributed by atoms with E-state index in [-0.39, 0.29) is 0 Å². The van der Waals surface area contributed by atoms with E-state index in [0.29, 0.717) is 12.3 Å². The molecule has 76 valence electrons. The quantitative estimate of drug-likeness (QED) is 0.716. The zero-order valence-electron chi connectivity index (χ0n) is 8.27. The smallest absolute Gasteiger partial charge is 0.198 e. The summed E-state index contributed by atoms with van der Waals surface area (Å²) >= 11 is 0. The average Bonchev–Trinajstić information content (AvgIpc) is 2.99. The first-order valence-corrected chi connectivity index (χ1v) is 5.20. The van der Waals surface area contributed by atoms with Gasteiger partial charge in [0, 0.05) is 12.3 Å². The number of benzene rings is 1. The Labute approximate surface area is 87.1 Å². The summed E-state index contributed by atoms with van der Waals surface area (Å²) in [6.45, 7) is 0. The fourth-order valence-electron chi connectivity index (χ4n) is 1.72. The summed E-state index contributed by atoms with van der Waals surface area (Å²) in [6, 6.07) is 5.74. The molecule has 1 aromatic carbocycles. The highest BCUT2D eigenvalue weighted by Gasteiger charge is 2.28. The van der Waals surface area contributed by atoms with Crippen LogP contribution in [0.3, 0.4) is 0 Å². The van der Waals surface area contributed by atoms with E-state index in [9.17, 15) is 4.79 Å². The Morgan fingerprint density at radius 1 is 1.47 bits per heavy atom. The Bertz CT molecular complexity index is 511. The Kier molecular flexibility index (Phi) is 1.84. The van der Waals surface area contributed by atoms with Crippen molar-refractivity contribution in [2.75, 3.05) is 0 Å². The molecule has 1 heterocycles. The monoisotopic (exact) mass is 201 g/mol. The zero-order valence-corrected chi connectivity index (χ0v) is 8.27. The molecule has 0 atom stereocenters. The van der Waals surface area contributed by atoms with E-state index < -0.39 is 0 Å². The van der Waals surface area contributed by atoms with Crippen molar-refractivity contribution >= 4 is 17.4 Å².